The molecule has 144 valence electrons. The molecule has 1 amide bonds. The van der Waals surface area contributed by atoms with Crippen LogP contribution in [-0.2, 0) is 11.2 Å². The van der Waals surface area contributed by atoms with Gasteiger partial charge in [0.25, 0.3) is 0 Å². The van der Waals surface area contributed by atoms with E-state index in [2.05, 4.69) is 11.3 Å². The summed E-state index contributed by atoms with van der Waals surface area (Å²) in [5, 5.41) is 0. The van der Waals surface area contributed by atoms with Crippen LogP contribution in [-0.4, -0.2) is 38.6 Å². The molecule has 3 rings (SSSR count). The van der Waals surface area contributed by atoms with E-state index in [0.717, 1.165) is 49.3 Å². The highest BCUT2D eigenvalue weighted by molar-refractivity contribution is 5.68. The van der Waals surface area contributed by atoms with Gasteiger partial charge in [-0.1, -0.05) is 19.9 Å². The van der Waals surface area contributed by atoms with Crippen molar-refractivity contribution in [2.45, 2.75) is 78.9 Å². The number of piperidine rings is 1. The standard InChI is InChI=1S/C19H27N3O2.C2H6/c1-14-16(20-17-10-6-8-11-21(14)17)13-15-9-5-7-12-22(15)18(23)24-19(2,3)4;1-2/h6,8,10-11,15H,5,7,9,12-13H2,1-4H3;1-2H3. The number of carbonyl (C=O) groups excluding carboxylic acids is 1. The van der Waals surface area contributed by atoms with E-state index < -0.39 is 5.60 Å². The molecular weight excluding hydrogens is 326 g/mol. The third-order valence-corrected chi connectivity index (χ3v) is 4.55. The molecule has 1 atom stereocenters. The first-order valence-corrected chi connectivity index (χ1v) is 9.77. The fraction of sp³-hybridized carbons (Fsp3) is 0.619. The predicted octanol–water partition coefficient (Wildman–Crippen LogP) is 5.00. The van der Waals surface area contributed by atoms with Crippen molar-refractivity contribution in [1.82, 2.24) is 14.3 Å². The van der Waals surface area contributed by atoms with Crippen LogP contribution in [0.2, 0.25) is 0 Å². The number of fused-ring (bicyclic) bond motifs is 1. The highest BCUT2D eigenvalue weighted by Crippen LogP contribution is 2.24. The topological polar surface area (TPSA) is 46.8 Å². The lowest BCUT2D eigenvalue weighted by Crippen LogP contribution is -2.47. The molecule has 5 nitrogen and oxygen atoms in total. The molecule has 0 bridgehead atoms. The molecule has 26 heavy (non-hydrogen) atoms. The number of hydrogen-bond donors (Lipinski definition) is 0. The second-order valence-corrected chi connectivity index (χ2v) is 7.60. The van der Waals surface area contributed by atoms with Gasteiger partial charge in [0.15, 0.2) is 0 Å². The molecule has 1 aliphatic rings. The van der Waals surface area contributed by atoms with Crippen molar-refractivity contribution in [3.8, 4) is 0 Å². The van der Waals surface area contributed by atoms with E-state index in [1.807, 2.05) is 63.9 Å². The monoisotopic (exact) mass is 359 g/mol. The van der Waals surface area contributed by atoms with Gasteiger partial charge in [0.1, 0.15) is 11.2 Å². The molecule has 0 saturated carbocycles. The smallest absolute Gasteiger partial charge is 0.410 e. The van der Waals surface area contributed by atoms with Crippen molar-refractivity contribution in [3.05, 3.63) is 35.8 Å². The average molecular weight is 360 g/mol. The summed E-state index contributed by atoms with van der Waals surface area (Å²) in [6.45, 7) is 12.6. The zero-order valence-corrected chi connectivity index (χ0v) is 17.1. The summed E-state index contributed by atoms with van der Waals surface area (Å²) >= 11 is 0. The fourth-order valence-corrected chi connectivity index (χ4v) is 3.36. The predicted molar refractivity (Wildman–Crippen MR) is 106 cm³/mol. The van der Waals surface area contributed by atoms with Gasteiger partial charge in [0.05, 0.1) is 5.69 Å². The third-order valence-electron chi connectivity index (χ3n) is 4.55. The number of ether oxygens (including phenoxy) is 1. The first-order valence-electron chi connectivity index (χ1n) is 9.77. The van der Waals surface area contributed by atoms with E-state index in [9.17, 15) is 4.79 Å². The Morgan fingerprint density at radius 2 is 2.00 bits per heavy atom. The molecule has 1 unspecified atom stereocenters. The summed E-state index contributed by atoms with van der Waals surface area (Å²) in [6, 6.07) is 6.19. The van der Waals surface area contributed by atoms with Crippen molar-refractivity contribution in [2.75, 3.05) is 6.54 Å². The van der Waals surface area contributed by atoms with E-state index in [0.29, 0.717) is 0 Å². The number of carbonyl (C=O) groups is 1. The van der Waals surface area contributed by atoms with Gasteiger partial charge < -0.3 is 14.0 Å². The molecular formula is C21H33N3O2. The lowest BCUT2D eigenvalue weighted by atomic mass is 9.98. The van der Waals surface area contributed by atoms with Crippen LogP contribution >= 0.6 is 0 Å². The molecule has 0 aromatic carbocycles. The minimum absolute atomic E-state index is 0.164. The second kappa shape index (κ2) is 8.56. The quantitative estimate of drug-likeness (QED) is 0.758. The van der Waals surface area contributed by atoms with Gasteiger partial charge in [0.2, 0.25) is 0 Å². The number of rotatable bonds is 2. The van der Waals surface area contributed by atoms with Gasteiger partial charge in [0, 0.05) is 30.9 Å². The number of hydrogen-bond acceptors (Lipinski definition) is 3. The number of likely N-dealkylation sites (tertiary alicyclic amines) is 1. The van der Waals surface area contributed by atoms with Crippen molar-refractivity contribution >= 4 is 11.7 Å². The van der Waals surface area contributed by atoms with Crippen LogP contribution in [0, 0.1) is 6.92 Å². The molecule has 0 radical (unpaired) electrons. The molecule has 3 heterocycles. The zero-order chi connectivity index (χ0) is 19.3. The lowest BCUT2D eigenvalue weighted by molar-refractivity contribution is 0.00984. The summed E-state index contributed by atoms with van der Waals surface area (Å²) in [5.74, 6) is 0. The maximum absolute atomic E-state index is 12.5. The zero-order valence-electron chi connectivity index (χ0n) is 17.1. The number of imidazole rings is 1. The minimum atomic E-state index is -0.460. The van der Waals surface area contributed by atoms with Gasteiger partial charge in [-0.2, -0.15) is 0 Å². The molecule has 1 saturated heterocycles. The number of aromatic nitrogens is 2. The van der Waals surface area contributed by atoms with Crippen molar-refractivity contribution in [2.24, 2.45) is 0 Å². The number of nitrogens with zero attached hydrogens (tertiary/aromatic N) is 3. The molecule has 0 spiro atoms. The fourth-order valence-electron chi connectivity index (χ4n) is 3.36. The van der Waals surface area contributed by atoms with E-state index in [1.165, 1.54) is 0 Å². The second-order valence-electron chi connectivity index (χ2n) is 7.60. The van der Waals surface area contributed by atoms with E-state index in [-0.39, 0.29) is 12.1 Å². The Labute approximate surface area is 157 Å². The first-order chi connectivity index (χ1) is 12.3. The Kier molecular flexibility index (Phi) is 6.68. The van der Waals surface area contributed by atoms with E-state index in [1.54, 1.807) is 0 Å². The summed E-state index contributed by atoms with van der Waals surface area (Å²) in [6.07, 6.45) is 5.82. The Morgan fingerprint density at radius 3 is 2.65 bits per heavy atom. The molecule has 1 fully saturated rings. The Balaban J connectivity index is 0.00000117. The molecule has 2 aromatic heterocycles. The van der Waals surface area contributed by atoms with E-state index >= 15 is 0 Å². The molecule has 2 aromatic rings. The van der Waals surface area contributed by atoms with Crippen LogP contribution in [0.25, 0.3) is 5.65 Å². The van der Waals surface area contributed by atoms with Crippen LogP contribution in [0.3, 0.4) is 0 Å². The van der Waals surface area contributed by atoms with Gasteiger partial charge in [-0.25, -0.2) is 9.78 Å². The molecule has 5 heteroatoms. The maximum atomic E-state index is 12.5. The highest BCUT2D eigenvalue weighted by Gasteiger charge is 2.31. The summed E-state index contributed by atoms with van der Waals surface area (Å²) in [4.78, 5) is 19.2. The van der Waals surface area contributed by atoms with Crippen molar-refractivity contribution in [1.29, 1.82) is 0 Å². The van der Waals surface area contributed by atoms with Gasteiger partial charge in [-0.05, 0) is 59.1 Å². The van der Waals surface area contributed by atoms with Crippen LogP contribution in [0.1, 0.15) is 65.3 Å². The normalized spacial score (nSPS) is 17.6. The number of amides is 1. The summed E-state index contributed by atoms with van der Waals surface area (Å²) in [5.41, 5.74) is 2.73. The Bertz CT molecular complexity index is 730. The number of pyridine rings is 1. The van der Waals surface area contributed by atoms with Gasteiger partial charge >= 0.3 is 6.09 Å². The summed E-state index contributed by atoms with van der Waals surface area (Å²) in [7, 11) is 0. The average Bonchev–Trinajstić information content (AvgIpc) is 2.92. The largest absolute Gasteiger partial charge is 0.444 e. The number of aryl methyl sites for hydroxylation is 1. The van der Waals surface area contributed by atoms with Crippen LogP contribution < -0.4 is 0 Å². The van der Waals surface area contributed by atoms with Crippen LogP contribution in [0.4, 0.5) is 4.79 Å². The SMILES string of the molecule is CC.Cc1c(CC2CCCCN2C(=O)OC(C)(C)C)nc2ccccn12. The molecule has 0 aliphatic carbocycles. The maximum Gasteiger partial charge on any atom is 0.410 e. The van der Waals surface area contributed by atoms with Crippen LogP contribution in [0.15, 0.2) is 24.4 Å². The van der Waals surface area contributed by atoms with Gasteiger partial charge in [-0.3, -0.25) is 0 Å². The Morgan fingerprint density at radius 1 is 1.27 bits per heavy atom. The van der Waals surface area contributed by atoms with Gasteiger partial charge in [-0.15, -0.1) is 0 Å². The summed E-state index contributed by atoms with van der Waals surface area (Å²) < 4.78 is 7.70. The van der Waals surface area contributed by atoms with Crippen molar-refractivity contribution < 1.29 is 9.53 Å². The minimum Gasteiger partial charge on any atom is -0.444 e. The van der Waals surface area contributed by atoms with Crippen molar-refractivity contribution in [3.63, 3.8) is 0 Å². The lowest BCUT2D eigenvalue weighted by Gasteiger charge is -2.36. The van der Waals surface area contributed by atoms with Crippen LogP contribution in [0.5, 0.6) is 0 Å². The highest BCUT2D eigenvalue weighted by atomic mass is 16.6. The Hall–Kier alpha value is -2.04. The third kappa shape index (κ3) is 4.77. The van der Waals surface area contributed by atoms with E-state index in [4.69, 9.17) is 9.72 Å². The first kappa shape index (κ1) is 20.3. The molecule has 1 aliphatic heterocycles. The molecule has 0 N–H and O–H groups in total.